The molecule has 6 nitrogen and oxygen atoms in total. The van der Waals surface area contributed by atoms with Gasteiger partial charge in [0, 0.05) is 29.9 Å². The number of benzene rings is 2. The number of rotatable bonds is 5. The lowest BCUT2D eigenvalue weighted by molar-refractivity contribution is -0.376. The molecule has 0 saturated carbocycles. The van der Waals surface area contributed by atoms with E-state index in [1.807, 2.05) is 0 Å². The van der Waals surface area contributed by atoms with Gasteiger partial charge in [0.05, 0.1) is 22.3 Å². The Balaban J connectivity index is 1.70. The van der Waals surface area contributed by atoms with Gasteiger partial charge in [-0.3, -0.25) is 14.3 Å². The van der Waals surface area contributed by atoms with E-state index in [1.165, 1.54) is 12.3 Å². The molecular weight excluding hydrogens is 574 g/mol. The number of hydrogen-bond donors (Lipinski definition) is 1. The Bertz CT molecular complexity index is 1760. The van der Waals surface area contributed by atoms with Crippen LogP contribution in [0.2, 0.25) is 5.15 Å². The topological polar surface area (TPSA) is 80.9 Å². The summed E-state index contributed by atoms with van der Waals surface area (Å²) in [4.78, 5) is 26.7. The second-order valence-electron chi connectivity index (χ2n) is 9.03. The maximum absolute atomic E-state index is 13.8. The van der Waals surface area contributed by atoms with E-state index >= 15 is 0 Å². The molecule has 5 rings (SSSR count). The highest BCUT2D eigenvalue weighted by Gasteiger charge is 2.71. The highest BCUT2D eigenvalue weighted by Crippen LogP contribution is 2.50. The third-order valence-corrected chi connectivity index (χ3v) is 6.64. The zero-order valence-electron chi connectivity index (χ0n) is 20.6. The summed E-state index contributed by atoms with van der Waals surface area (Å²) in [5.41, 5.74) is -5.21. The van der Waals surface area contributed by atoms with Crippen molar-refractivity contribution in [1.82, 2.24) is 19.5 Å². The van der Waals surface area contributed by atoms with Gasteiger partial charge in [-0.1, -0.05) is 41.9 Å². The van der Waals surface area contributed by atoms with Gasteiger partial charge in [0.25, 0.3) is 11.2 Å². The summed E-state index contributed by atoms with van der Waals surface area (Å²) in [6.07, 6.45) is -9.06. The molecule has 0 fully saturated rings. The van der Waals surface area contributed by atoms with Crippen molar-refractivity contribution in [3.8, 4) is 16.9 Å². The molecule has 0 unspecified atom stereocenters. The first-order chi connectivity index (χ1) is 19.3. The first-order valence-corrected chi connectivity index (χ1v) is 12.2. The molecule has 0 aliphatic heterocycles. The summed E-state index contributed by atoms with van der Waals surface area (Å²) in [7, 11) is 0. The number of fused-ring (bicyclic) bond motifs is 1. The van der Waals surface area contributed by atoms with Gasteiger partial charge in [-0.15, -0.1) is 0 Å². The molecule has 0 spiro atoms. The van der Waals surface area contributed by atoms with Crippen LogP contribution < -0.4 is 5.56 Å². The zero-order chi connectivity index (χ0) is 29.6. The van der Waals surface area contributed by atoms with Crippen LogP contribution in [0.1, 0.15) is 17.0 Å². The van der Waals surface area contributed by atoms with Crippen LogP contribution in [-0.4, -0.2) is 37.0 Å². The SMILES string of the molecule is O=c1c2cc(-c3ccccn3)ccc2nc(Cc2ccc(Cl)nc2)n1-c1ccc(C(O)(C(F)(F)F)C(F)(F)F)cc1. The summed E-state index contributed by atoms with van der Waals surface area (Å²) in [6, 6.07) is 16.0. The van der Waals surface area contributed by atoms with Crippen molar-refractivity contribution in [2.24, 2.45) is 0 Å². The first kappa shape index (κ1) is 28.2. The maximum Gasteiger partial charge on any atom is 0.430 e. The Morgan fingerprint density at radius 1 is 0.854 bits per heavy atom. The number of hydrogen-bond acceptors (Lipinski definition) is 5. The Hall–Kier alpha value is -4.29. The van der Waals surface area contributed by atoms with Crippen LogP contribution >= 0.6 is 11.6 Å². The number of pyridine rings is 2. The van der Waals surface area contributed by atoms with Gasteiger partial charge in [0.1, 0.15) is 11.0 Å². The number of aromatic nitrogens is 4. The Labute approximate surface area is 232 Å². The van der Waals surface area contributed by atoms with Crippen LogP contribution in [0.4, 0.5) is 26.3 Å². The molecule has 0 radical (unpaired) electrons. The van der Waals surface area contributed by atoms with Crippen LogP contribution in [0.15, 0.2) is 90.0 Å². The first-order valence-electron chi connectivity index (χ1n) is 11.8. The van der Waals surface area contributed by atoms with Crippen LogP contribution in [0.25, 0.3) is 27.8 Å². The van der Waals surface area contributed by atoms with Gasteiger partial charge in [0.15, 0.2) is 0 Å². The van der Waals surface area contributed by atoms with E-state index in [4.69, 9.17) is 11.6 Å². The van der Waals surface area contributed by atoms with Gasteiger partial charge in [-0.2, -0.15) is 26.3 Å². The largest absolute Gasteiger partial charge is 0.430 e. The van der Waals surface area contributed by atoms with E-state index in [2.05, 4.69) is 15.0 Å². The molecule has 2 aromatic carbocycles. The van der Waals surface area contributed by atoms with Crippen molar-refractivity contribution in [2.45, 2.75) is 24.4 Å². The normalized spacial score (nSPS) is 12.6. The predicted molar refractivity (Wildman–Crippen MR) is 139 cm³/mol. The minimum absolute atomic E-state index is 0.0220. The van der Waals surface area contributed by atoms with Gasteiger partial charge in [-0.25, -0.2) is 9.97 Å². The highest BCUT2D eigenvalue weighted by molar-refractivity contribution is 6.29. The molecule has 0 amide bonds. The monoisotopic (exact) mass is 590 g/mol. The van der Waals surface area contributed by atoms with Crippen molar-refractivity contribution in [1.29, 1.82) is 0 Å². The van der Waals surface area contributed by atoms with Crippen LogP contribution in [0.5, 0.6) is 0 Å². The lowest BCUT2D eigenvalue weighted by Crippen LogP contribution is -2.53. The molecule has 5 aromatic rings. The summed E-state index contributed by atoms with van der Waals surface area (Å²) in [5, 5.41) is 10.1. The third kappa shape index (κ3) is 5.16. The summed E-state index contributed by atoms with van der Waals surface area (Å²) < 4.78 is 81.5. The molecule has 3 aromatic heterocycles. The quantitative estimate of drug-likeness (QED) is 0.189. The molecule has 0 saturated heterocycles. The van der Waals surface area contributed by atoms with Crippen LogP contribution in [-0.2, 0) is 12.0 Å². The van der Waals surface area contributed by atoms with Crippen molar-refractivity contribution in [3.63, 3.8) is 0 Å². The van der Waals surface area contributed by atoms with E-state index in [1.54, 1.807) is 48.7 Å². The Morgan fingerprint density at radius 2 is 1.56 bits per heavy atom. The molecule has 1 N–H and O–H groups in total. The standard InChI is InChI=1S/C28H17ClF6N4O2/c29-23-11-4-16(15-37-23)13-24-38-22-10-5-17(21-3-1-2-12-36-21)14-20(22)25(40)39(24)19-8-6-18(7-9-19)26(41,27(30,31)32)28(33,34)35/h1-12,14-15,41H,13H2. The third-order valence-electron chi connectivity index (χ3n) is 6.41. The fourth-order valence-corrected chi connectivity index (χ4v) is 4.45. The van der Waals surface area contributed by atoms with Gasteiger partial charge in [0.2, 0.25) is 0 Å². The fourth-order valence-electron chi connectivity index (χ4n) is 4.34. The number of aliphatic hydroxyl groups is 1. The lowest BCUT2D eigenvalue weighted by Gasteiger charge is -2.32. The van der Waals surface area contributed by atoms with Crippen LogP contribution in [0.3, 0.4) is 0 Å². The molecule has 210 valence electrons. The van der Waals surface area contributed by atoms with Gasteiger partial charge >= 0.3 is 12.4 Å². The summed E-state index contributed by atoms with van der Waals surface area (Å²) in [6.45, 7) is 0. The molecular formula is C28H17ClF6N4O2. The van der Waals surface area contributed by atoms with E-state index in [-0.39, 0.29) is 28.5 Å². The Kier molecular flexibility index (Phi) is 7.08. The molecule has 0 aliphatic rings. The summed E-state index contributed by atoms with van der Waals surface area (Å²) >= 11 is 5.86. The number of nitrogens with zero attached hydrogens (tertiary/aromatic N) is 4. The predicted octanol–water partition coefficient (Wildman–Crippen LogP) is 6.40. The highest BCUT2D eigenvalue weighted by atomic mass is 35.5. The summed E-state index contributed by atoms with van der Waals surface area (Å²) in [5.74, 6) is 0.131. The maximum atomic E-state index is 13.8. The average molecular weight is 591 g/mol. The molecule has 13 heteroatoms. The smallest absolute Gasteiger partial charge is 0.369 e. The zero-order valence-corrected chi connectivity index (χ0v) is 21.3. The second kappa shape index (κ2) is 10.3. The van der Waals surface area contributed by atoms with Crippen molar-refractivity contribution in [3.05, 3.63) is 118 Å². The average Bonchev–Trinajstić information content (AvgIpc) is 2.93. The molecule has 0 bridgehead atoms. The van der Waals surface area contributed by atoms with E-state index in [9.17, 15) is 36.2 Å². The van der Waals surface area contributed by atoms with Crippen molar-refractivity contribution >= 4 is 22.5 Å². The van der Waals surface area contributed by atoms with Crippen molar-refractivity contribution in [2.75, 3.05) is 0 Å². The lowest BCUT2D eigenvalue weighted by atomic mass is 9.92. The minimum Gasteiger partial charge on any atom is -0.369 e. The fraction of sp³-hybridized carbons (Fsp3) is 0.143. The van der Waals surface area contributed by atoms with Gasteiger partial charge in [-0.05, 0) is 48.0 Å². The van der Waals surface area contributed by atoms with Crippen molar-refractivity contribution < 1.29 is 31.4 Å². The molecule has 3 heterocycles. The number of alkyl halides is 6. The Morgan fingerprint density at radius 3 is 2.15 bits per heavy atom. The molecule has 41 heavy (non-hydrogen) atoms. The van der Waals surface area contributed by atoms with E-state index in [0.29, 0.717) is 34.5 Å². The van der Waals surface area contributed by atoms with Crippen LogP contribution in [0, 0.1) is 0 Å². The molecule has 0 atom stereocenters. The van der Waals surface area contributed by atoms with Gasteiger partial charge < -0.3 is 5.11 Å². The van der Waals surface area contributed by atoms with E-state index < -0.39 is 29.1 Å². The molecule has 0 aliphatic carbocycles. The van der Waals surface area contributed by atoms with E-state index in [0.717, 1.165) is 16.7 Å². The second-order valence-corrected chi connectivity index (χ2v) is 9.42. The number of halogens is 7. The minimum atomic E-state index is -6.05.